The Hall–Kier alpha value is -1.83. The van der Waals surface area contributed by atoms with Crippen LogP contribution in [0.5, 0.6) is 0 Å². The lowest BCUT2D eigenvalue weighted by atomic mass is 9.95. The molecule has 0 aliphatic rings. The van der Waals surface area contributed by atoms with E-state index in [1.54, 1.807) is 0 Å². The minimum atomic E-state index is 0.485. The molecule has 0 bridgehead atoms. The summed E-state index contributed by atoms with van der Waals surface area (Å²) in [5.74, 6) is 0.485. The largest absolute Gasteiger partial charge is 0.240 e. The molecule has 0 aliphatic heterocycles. The number of benzene rings is 1. The maximum absolute atomic E-state index is 4.55. The van der Waals surface area contributed by atoms with Gasteiger partial charge >= 0.3 is 0 Å². The van der Waals surface area contributed by atoms with Gasteiger partial charge in [-0.15, -0.1) is 0 Å². The van der Waals surface area contributed by atoms with Crippen LogP contribution in [-0.2, 0) is 6.42 Å². The number of allylic oxidation sites excluding steroid dienone is 1. The van der Waals surface area contributed by atoms with E-state index in [1.165, 1.54) is 28.8 Å². The van der Waals surface area contributed by atoms with Crippen molar-refractivity contribution >= 4 is 0 Å². The Morgan fingerprint density at radius 1 is 1.23 bits per heavy atom. The van der Waals surface area contributed by atoms with Crippen molar-refractivity contribution in [3.05, 3.63) is 59.4 Å². The van der Waals surface area contributed by atoms with Crippen molar-refractivity contribution in [2.75, 3.05) is 0 Å². The summed E-state index contributed by atoms with van der Waals surface area (Å²) in [6, 6.07) is 8.83. The zero-order valence-corrected chi connectivity index (χ0v) is 14.4. The average Bonchev–Trinajstić information content (AvgIpc) is 2.91. The highest BCUT2D eigenvalue weighted by Crippen LogP contribution is 2.25. The first-order valence-corrected chi connectivity index (χ1v) is 8.33. The Kier molecular flexibility index (Phi) is 5.59. The topological polar surface area (TPSA) is 17.8 Å². The summed E-state index contributed by atoms with van der Waals surface area (Å²) in [5, 5.41) is 4.55. The molecule has 0 saturated heterocycles. The molecule has 1 aromatic heterocycles. The maximum Gasteiger partial charge on any atom is 0.0680 e. The highest BCUT2D eigenvalue weighted by molar-refractivity contribution is 5.45. The molecule has 2 heteroatoms. The van der Waals surface area contributed by atoms with Crippen molar-refractivity contribution in [2.45, 2.75) is 59.3 Å². The van der Waals surface area contributed by atoms with Crippen LogP contribution in [0.4, 0.5) is 0 Å². The lowest BCUT2D eigenvalue weighted by Crippen LogP contribution is -2.03. The molecule has 2 rings (SSSR count). The third-order valence-corrected chi connectivity index (χ3v) is 4.05. The van der Waals surface area contributed by atoms with Gasteiger partial charge in [0.05, 0.1) is 11.4 Å². The number of hydrogen-bond donors (Lipinski definition) is 0. The van der Waals surface area contributed by atoms with Crippen LogP contribution in [0.3, 0.4) is 0 Å². The van der Waals surface area contributed by atoms with E-state index in [9.17, 15) is 0 Å². The van der Waals surface area contributed by atoms with Gasteiger partial charge in [0.1, 0.15) is 0 Å². The second-order valence-electron chi connectivity index (χ2n) is 6.45. The lowest BCUT2D eigenvalue weighted by molar-refractivity contribution is 0.791. The van der Waals surface area contributed by atoms with Gasteiger partial charge in [-0.3, -0.25) is 0 Å². The smallest absolute Gasteiger partial charge is 0.0680 e. The molecule has 118 valence electrons. The summed E-state index contributed by atoms with van der Waals surface area (Å²) in [7, 11) is 0. The summed E-state index contributed by atoms with van der Waals surface area (Å²) >= 11 is 0. The van der Waals surface area contributed by atoms with Crippen molar-refractivity contribution < 1.29 is 0 Å². The van der Waals surface area contributed by atoms with Crippen molar-refractivity contribution in [1.82, 2.24) is 9.78 Å². The molecular formula is C20H28N2. The predicted molar refractivity (Wildman–Crippen MR) is 94.8 cm³/mol. The quantitative estimate of drug-likeness (QED) is 0.609. The van der Waals surface area contributed by atoms with Crippen LogP contribution in [0.1, 0.15) is 62.8 Å². The van der Waals surface area contributed by atoms with Gasteiger partial charge in [-0.1, -0.05) is 51.5 Å². The minimum absolute atomic E-state index is 0.485. The van der Waals surface area contributed by atoms with E-state index < -0.39 is 0 Å². The van der Waals surface area contributed by atoms with Crippen molar-refractivity contribution in [3.63, 3.8) is 0 Å². The van der Waals surface area contributed by atoms with Gasteiger partial charge in [-0.25, -0.2) is 4.68 Å². The Bertz CT molecular complexity index is 635. The molecule has 2 nitrogen and oxygen atoms in total. The lowest BCUT2D eigenvalue weighted by Gasteiger charge is -2.15. The summed E-state index contributed by atoms with van der Waals surface area (Å²) in [5.41, 5.74) is 6.37. The third-order valence-electron chi connectivity index (χ3n) is 4.05. The molecule has 0 aliphatic carbocycles. The summed E-state index contributed by atoms with van der Waals surface area (Å²) in [6.45, 7) is 12.9. The van der Waals surface area contributed by atoms with Gasteiger partial charge in [0, 0.05) is 6.20 Å². The predicted octanol–water partition coefficient (Wildman–Crippen LogP) is 5.59. The van der Waals surface area contributed by atoms with Crippen molar-refractivity contribution in [1.29, 1.82) is 0 Å². The molecule has 1 aromatic carbocycles. The molecule has 1 heterocycles. The fourth-order valence-electron chi connectivity index (χ4n) is 2.78. The van der Waals surface area contributed by atoms with E-state index in [-0.39, 0.29) is 0 Å². The Morgan fingerprint density at radius 2 is 2.00 bits per heavy atom. The Morgan fingerprint density at radius 3 is 2.59 bits per heavy atom. The van der Waals surface area contributed by atoms with Crippen LogP contribution in [0, 0.1) is 6.92 Å². The SMILES string of the molecule is C=C(CCC)CCc1ccc(-n2ccc(C)n2)c(C(C)C)c1. The molecule has 0 amide bonds. The fourth-order valence-corrected chi connectivity index (χ4v) is 2.78. The van der Waals surface area contributed by atoms with Crippen molar-refractivity contribution in [2.24, 2.45) is 0 Å². The van der Waals surface area contributed by atoms with E-state index in [1.807, 2.05) is 23.9 Å². The van der Waals surface area contributed by atoms with Crippen LogP contribution >= 0.6 is 0 Å². The number of rotatable bonds is 7. The molecule has 0 atom stereocenters. The molecule has 0 N–H and O–H groups in total. The number of hydrogen-bond acceptors (Lipinski definition) is 1. The number of nitrogens with zero attached hydrogens (tertiary/aromatic N) is 2. The maximum atomic E-state index is 4.55. The molecule has 2 aromatic rings. The molecule has 0 radical (unpaired) electrons. The van der Waals surface area contributed by atoms with Crippen LogP contribution in [-0.4, -0.2) is 9.78 Å². The first-order valence-electron chi connectivity index (χ1n) is 8.33. The average molecular weight is 296 g/mol. The summed E-state index contributed by atoms with van der Waals surface area (Å²) in [6.07, 6.45) is 6.54. The van der Waals surface area contributed by atoms with Gasteiger partial charge in [-0.05, 0) is 55.4 Å². The first-order chi connectivity index (χ1) is 10.5. The highest BCUT2D eigenvalue weighted by Gasteiger charge is 2.10. The van der Waals surface area contributed by atoms with Crippen molar-refractivity contribution in [3.8, 4) is 5.69 Å². The first kappa shape index (κ1) is 16.5. The van der Waals surface area contributed by atoms with E-state index in [4.69, 9.17) is 0 Å². The number of aryl methyl sites for hydroxylation is 2. The van der Waals surface area contributed by atoms with Crippen LogP contribution < -0.4 is 0 Å². The standard InChI is InChI=1S/C20H28N2/c1-6-7-16(4)8-9-18-10-11-20(19(14-18)15(2)3)22-13-12-17(5)21-22/h10-15H,4,6-9H2,1-3,5H3. The van der Waals surface area contributed by atoms with E-state index in [0.717, 1.165) is 25.0 Å². The summed E-state index contributed by atoms with van der Waals surface area (Å²) in [4.78, 5) is 0. The Balaban J connectivity index is 2.22. The molecule has 0 saturated carbocycles. The van der Waals surface area contributed by atoms with Gasteiger partial charge in [0.25, 0.3) is 0 Å². The molecule has 0 unspecified atom stereocenters. The zero-order chi connectivity index (χ0) is 16.1. The molecule has 0 fully saturated rings. The van der Waals surface area contributed by atoms with Gasteiger partial charge in [0.15, 0.2) is 0 Å². The van der Waals surface area contributed by atoms with Crippen LogP contribution in [0.2, 0.25) is 0 Å². The van der Waals surface area contributed by atoms with Gasteiger partial charge < -0.3 is 0 Å². The summed E-state index contributed by atoms with van der Waals surface area (Å²) < 4.78 is 1.99. The second-order valence-corrected chi connectivity index (χ2v) is 6.45. The highest BCUT2D eigenvalue weighted by atomic mass is 15.3. The minimum Gasteiger partial charge on any atom is -0.240 e. The third kappa shape index (κ3) is 4.09. The second kappa shape index (κ2) is 7.44. The Labute approximate surface area is 134 Å². The molecule has 0 spiro atoms. The van der Waals surface area contributed by atoms with Crippen LogP contribution in [0.15, 0.2) is 42.6 Å². The van der Waals surface area contributed by atoms with Gasteiger partial charge in [-0.2, -0.15) is 5.10 Å². The van der Waals surface area contributed by atoms with E-state index in [2.05, 4.69) is 50.6 Å². The molecule has 22 heavy (non-hydrogen) atoms. The normalized spacial score (nSPS) is 11.1. The van der Waals surface area contributed by atoms with E-state index in [0.29, 0.717) is 5.92 Å². The number of aromatic nitrogens is 2. The fraction of sp³-hybridized carbons (Fsp3) is 0.450. The van der Waals surface area contributed by atoms with E-state index >= 15 is 0 Å². The van der Waals surface area contributed by atoms with Gasteiger partial charge in [0.2, 0.25) is 0 Å². The monoisotopic (exact) mass is 296 g/mol. The van der Waals surface area contributed by atoms with Crippen LogP contribution in [0.25, 0.3) is 5.69 Å². The zero-order valence-electron chi connectivity index (χ0n) is 14.4. The molecular weight excluding hydrogens is 268 g/mol.